The van der Waals surface area contributed by atoms with Gasteiger partial charge in [0.05, 0.1) is 19.8 Å². The third-order valence-corrected chi connectivity index (χ3v) is 5.16. The first-order chi connectivity index (χ1) is 16.7. The Morgan fingerprint density at radius 1 is 1.14 bits per heavy atom. The van der Waals surface area contributed by atoms with Crippen LogP contribution in [-0.2, 0) is 14.3 Å². The summed E-state index contributed by atoms with van der Waals surface area (Å²) in [6, 6.07) is 13.9. The normalized spacial score (nSPS) is 17.2. The number of carbonyl (C=O) groups is 3. The predicted molar refractivity (Wildman–Crippen MR) is 127 cm³/mol. The van der Waals surface area contributed by atoms with Crippen LogP contribution in [0.5, 0.6) is 5.75 Å². The Hall–Kier alpha value is -4.12. The first-order valence-corrected chi connectivity index (χ1v) is 11.0. The van der Waals surface area contributed by atoms with Crippen molar-refractivity contribution in [1.29, 1.82) is 5.41 Å². The van der Waals surface area contributed by atoms with Crippen molar-refractivity contribution in [2.45, 2.75) is 13.0 Å². The molecule has 2 aliphatic rings. The SMILES string of the molecule is CC(=O)O.N=C(N)c1cccc(N2CC(COc3cccc(C(=O)N4CCOCC4)c3)OC2=O)c1. The fourth-order valence-electron chi connectivity index (χ4n) is 3.52. The molecular formula is C24H28N4O7. The summed E-state index contributed by atoms with van der Waals surface area (Å²) in [6.45, 7) is 3.78. The molecule has 0 aliphatic carbocycles. The zero-order chi connectivity index (χ0) is 25.4. The zero-order valence-electron chi connectivity index (χ0n) is 19.3. The van der Waals surface area contributed by atoms with Gasteiger partial charge in [0.15, 0.2) is 6.10 Å². The van der Waals surface area contributed by atoms with Gasteiger partial charge in [0.2, 0.25) is 0 Å². The first kappa shape index (κ1) is 25.5. The lowest BCUT2D eigenvalue weighted by Crippen LogP contribution is -2.40. The van der Waals surface area contributed by atoms with Gasteiger partial charge in [-0.15, -0.1) is 0 Å². The molecule has 2 heterocycles. The number of anilines is 1. The summed E-state index contributed by atoms with van der Waals surface area (Å²) >= 11 is 0. The lowest BCUT2D eigenvalue weighted by atomic mass is 10.1. The molecule has 0 aromatic heterocycles. The molecule has 1 unspecified atom stereocenters. The molecule has 2 aromatic rings. The van der Waals surface area contributed by atoms with Gasteiger partial charge in [-0.1, -0.05) is 18.2 Å². The number of aliphatic carboxylic acids is 1. The fourth-order valence-corrected chi connectivity index (χ4v) is 3.52. The summed E-state index contributed by atoms with van der Waals surface area (Å²) in [6.07, 6.45) is -0.947. The number of nitrogens with two attached hydrogens (primary N) is 1. The molecule has 0 saturated carbocycles. The highest BCUT2D eigenvalue weighted by Gasteiger charge is 2.33. The van der Waals surface area contributed by atoms with Gasteiger partial charge >= 0.3 is 6.09 Å². The van der Waals surface area contributed by atoms with E-state index in [-0.39, 0.29) is 18.3 Å². The molecule has 0 radical (unpaired) electrons. The number of nitrogens with one attached hydrogen (secondary N) is 1. The van der Waals surface area contributed by atoms with Gasteiger partial charge in [-0.2, -0.15) is 0 Å². The Balaban J connectivity index is 0.000000795. The lowest BCUT2D eigenvalue weighted by molar-refractivity contribution is -0.134. The molecule has 4 rings (SSSR count). The Labute approximate surface area is 202 Å². The Morgan fingerprint density at radius 3 is 2.49 bits per heavy atom. The number of nitrogen functional groups attached to an aromatic ring is 1. The molecule has 2 aromatic carbocycles. The molecule has 0 spiro atoms. The molecule has 35 heavy (non-hydrogen) atoms. The van der Waals surface area contributed by atoms with E-state index >= 15 is 0 Å². The number of carboxylic acid groups (broad SMARTS) is 1. The minimum Gasteiger partial charge on any atom is -0.490 e. The van der Waals surface area contributed by atoms with Gasteiger partial charge in [-0.25, -0.2) is 4.79 Å². The monoisotopic (exact) mass is 484 g/mol. The van der Waals surface area contributed by atoms with Crippen LogP contribution in [0.1, 0.15) is 22.8 Å². The van der Waals surface area contributed by atoms with Gasteiger partial charge in [0.1, 0.15) is 18.2 Å². The van der Waals surface area contributed by atoms with E-state index in [0.717, 1.165) is 6.92 Å². The number of benzene rings is 2. The molecule has 11 nitrogen and oxygen atoms in total. The number of hydrogen-bond acceptors (Lipinski definition) is 7. The molecule has 0 bridgehead atoms. The van der Waals surface area contributed by atoms with Crippen molar-refractivity contribution >= 4 is 29.5 Å². The third-order valence-electron chi connectivity index (χ3n) is 5.16. The number of amides is 2. The van der Waals surface area contributed by atoms with E-state index in [2.05, 4.69) is 0 Å². The maximum absolute atomic E-state index is 12.6. The van der Waals surface area contributed by atoms with Gasteiger partial charge in [-0.05, 0) is 30.3 Å². The van der Waals surface area contributed by atoms with E-state index in [1.54, 1.807) is 53.4 Å². The second-order valence-corrected chi connectivity index (χ2v) is 7.84. The smallest absolute Gasteiger partial charge is 0.414 e. The summed E-state index contributed by atoms with van der Waals surface area (Å²) < 4.78 is 16.5. The van der Waals surface area contributed by atoms with Crippen molar-refractivity contribution in [2.24, 2.45) is 5.73 Å². The predicted octanol–water partition coefficient (Wildman–Crippen LogP) is 1.94. The molecule has 4 N–H and O–H groups in total. The summed E-state index contributed by atoms with van der Waals surface area (Å²) in [5.74, 6) is -0.425. The highest BCUT2D eigenvalue weighted by atomic mass is 16.6. The van der Waals surface area contributed by atoms with Crippen LogP contribution in [0.4, 0.5) is 10.5 Å². The second-order valence-electron chi connectivity index (χ2n) is 7.84. The summed E-state index contributed by atoms with van der Waals surface area (Å²) in [5, 5.41) is 15.0. The van der Waals surface area contributed by atoms with E-state index < -0.39 is 18.2 Å². The van der Waals surface area contributed by atoms with Crippen LogP contribution in [0, 0.1) is 5.41 Å². The van der Waals surface area contributed by atoms with Crippen LogP contribution >= 0.6 is 0 Å². The maximum atomic E-state index is 12.6. The van der Waals surface area contributed by atoms with E-state index in [1.165, 1.54) is 4.90 Å². The molecule has 2 aliphatic heterocycles. The van der Waals surface area contributed by atoms with Crippen LogP contribution < -0.4 is 15.4 Å². The van der Waals surface area contributed by atoms with Crippen LogP contribution in [0.2, 0.25) is 0 Å². The van der Waals surface area contributed by atoms with Crippen molar-refractivity contribution in [3.05, 3.63) is 59.7 Å². The number of nitrogens with zero attached hydrogens (tertiary/aromatic N) is 2. The molecule has 11 heteroatoms. The molecular weight excluding hydrogens is 456 g/mol. The van der Waals surface area contributed by atoms with Crippen LogP contribution in [0.3, 0.4) is 0 Å². The minimum absolute atomic E-state index is 0.0578. The van der Waals surface area contributed by atoms with Crippen molar-refractivity contribution < 1.29 is 33.7 Å². The third kappa shape index (κ3) is 7.18. The Kier molecular flexibility index (Phi) is 8.63. The summed E-state index contributed by atoms with van der Waals surface area (Å²) in [7, 11) is 0. The van der Waals surface area contributed by atoms with Gasteiger partial charge in [-0.3, -0.25) is 19.9 Å². The van der Waals surface area contributed by atoms with E-state index in [4.69, 9.17) is 35.3 Å². The van der Waals surface area contributed by atoms with E-state index in [9.17, 15) is 9.59 Å². The molecule has 2 fully saturated rings. The standard InChI is InChI=1S/C22H24N4O5.C2H4O2/c23-20(24)15-3-1-5-17(11-15)26-13-19(31-22(26)28)14-30-18-6-2-4-16(12-18)21(27)25-7-9-29-10-8-25;1-2(3)4/h1-6,11-12,19H,7-10,13-14H2,(H3,23,24);1H3,(H,3,4). The van der Waals surface area contributed by atoms with Crippen molar-refractivity contribution in [3.63, 3.8) is 0 Å². The average Bonchev–Trinajstić information content (AvgIpc) is 3.23. The topological polar surface area (TPSA) is 155 Å². The van der Waals surface area contributed by atoms with Crippen LogP contribution in [-0.4, -0.2) is 79.4 Å². The second kappa shape index (κ2) is 11.8. The Morgan fingerprint density at radius 2 is 1.80 bits per heavy atom. The number of rotatable bonds is 6. The molecule has 2 saturated heterocycles. The number of carbonyl (C=O) groups excluding carboxylic acids is 2. The number of ether oxygens (including phenoxy) is 3. The fraction of sp³-hybridized carbons (Fsp3) is 0.333. The summed E-state index contributed by atoms with van der Waals surface area (Å²) in [5.41, 5.74) is 7.22. The lowest BCUT2D eigenvalue weighted by Gasteiger charge is -2.27. The zero-order valence-corrected chi connectivity index (χ0v) is 19.3. The molecule has 1 atom stereocenters. The highest BCUT2D eigenvalue weighted by Crippen LogP contribution is 2.24. The maximum Gasteiger partial charge on any atom is 0.414 e. The number of cyclic esters (lactones) is 1. The van der Waals surface area contributed by atoms with Gasteiger partial charge < -0.3 is 30.0 Å². The molecule has 186 valence electrons. The number of carboxylic acids is 1. The number of amidine groups is 1. The number of hydrogen-bond donors (Lipinski definition) is 3. The van der Waals surface area contributed by atoms with Gasteiger partial charge in [0.25, 0.3) is 11.9 Å². The van der Waals surface area contributed by atoms with Crippen molar-refractivity contribution in [1.82, 2.24) is 4.90 Å². The van der Waals surface area contributed by atoms with Gasteiger partial charge in [0, 0.05) is 36.8 Å². The van der Waals surface area contributed by atoms with Crippen molar-refractivity contribution in [3.8, 4) is 5.75 Å². The van der Waals surface area contributed by atoms with E-state index in [0.29, 0.717) is 55.4 Å². The Bertz CT molecular complexity index is 1080. The first-order valence-electron chi connectivity index (χ1n) is 11.0. The largest absolute Gasteiger partial charge is 0.490 e. The minimum atomic E-state index is -0.833. The number of morpholine rings is 1. The highest BCUT2D eigenvalue weighted by molar-refractivity contribution is 5.97. The average molecular weight is 485 g/mol. The molecule has 2 amide bonds. The van der Waals surface area contributed by atoms with Crippen molar-refractivity contribution in [2.75, 3.05) is 44.4 Å². The van der Waals surface area contributed by atoms with E-state index in [1.807, 2.05) is 0 Å². The van der Waals surface area contributed by atoms with Crippen LogP contribution in [0.25, 0.3) is 0 Å². The quantitative estimate of drug-likeness (QED) is 0.415. The summed E-state index contributed by atoms with van der Waals surface area (Å²) in [4.78, 5) is 37.2. The van der Waals surface area contributed by atoms with Crippen LogP contribution in [0.15, 0.2) is 48.5 Å².